The van der Waals surface area contributed by atoms with E-state index in [1.165, 1.54) is 0 Å². The molecule has 1 aliphatic heterocycles. The van der Waals surface area contributed by atoms with Crippen LogP contribution in [0.15, 0.2) is 0 Å². The molecule has 1 saturated heterocycles. The molecule has 2 rings (SSSR count). The van der Waals surface area contributed by atoms with E-state index in [2.05, 4.69) is 9.69 Å². The average molecular weight is 337 g/mol. The van der Waals surface area contributed by atoms with Gasteiger partial charge in [-0.05, 0) is 18.5 Å². The summed E-state index contributed by atoms with van der Waals surface area (Å²) in [6.45, 7) is 0.463. The molecule has 0 unspecified atom stereocenters. The molecule has 0 bridgehead atoms. The van der Waals surface area contributed by atoms with Crippen molar-refractivity contribution < 1.29 is 27.9 Å². The van der Waals surface area contributed by atoms with E-state index in [4.69, 9.17) is 5.11 Å². The van der Waals surface area contributed by atoms with Gasteiger partial charge >= 0.3 is 12.1 Å². The van der Waals surface area contributed by atoms with Crippen LogP contribution in [0.2, 0.25) is 0 Å². The van der Waals surface area contributed by atoms with Crippen molar-refractivity contribution in [3.05, 3.63) is 11.3 Å². The quantitative estimate of drug-likeness (QED) is 0.879. The van der Waals surface area contributed by atoms with Crippen molar-refractivity contribution in [3.63, 3.8) is 0 Å². The van der Waals surface area contributed by atoms with Crippen LogP contribution in [0.1, 0.15) is 16.1 Å². The lowest BCUT2D eigenvalue weighted by atomic mass is 9.96. The molecule has 0 spiro atoms. The molecule has 2 heterocycles. The first-order chi connectivity index (χ1) is 10.2. The summed E-state index contributed by atoms with van der Waals surface area (Å²) in [7, 11) is 1.58. The molecule has 0 aliphatic carbocycles. The highest BCUT2D eigenvalue weighted by Gasteiger charge is 2.53. The van der Waals surface area contributed by atoms with Crippen LogP contribution in [0.5, 0.6) is 0 Å². The molecule has 0 radical (unpaired) electrons. The molecule has 10 heteroatoms. The van der Waals surface area contributed by atoms with Gasteiger partial charge in [0.25, 0.3) is 5.91 Å². The number of hydrogen-bond acceptors (Lipinski definition) is 5. The predicted octanol–water partition coefficient (Wildman–Crippen LogP) is 1.83. The molecule has 1 aromatic rings. The summed E-state index contributed by atoms with van der Waals surface area (Å²) in [5.41, 5.74) is 0.598. The maximum atomic E-state index is 13.0. The largest absolute Gasteiger partial charge is 0.481 e. The molecule has 6 nitrogen and oxygen atoms in total. The number of amides is 1. The van der Waals surface area contributed by atoms with Crippen molar-refractivity contribution in [1.29, 1.82) is 0 Å². The maximum absolute atomic E-state index is 13.0. The Morgan fingerprint density at radius 1 is 1.41 bits per heavy atom. The van der Waals surface area contributed by atoms with Crippen molar-refractivity contribution in [2.24, 2.45) is 11.8 Å². The topological polar surface area (TPSA) is 82.5 Å². The second-order valence-corrected chi connectivity index (χ2v) is 5.80. The van der Waals surface area contributed by atoms with Gasteiger partial charge in [-0.1, -0.05) is 0 Å². The number of likely N-dealkylation sites (tertiary alicyclic amines) is 1. The minimum absolute atomic E-state index is 0.194. The van der Waals surface area contributed by atoms with Crippen LogP contribution in [-0.4, -0.2) is 52.6 Å². The summed E-state index contributed by atoms with van der Waals surface area (Å²) in [5, 5.41) is 12.2. The van der Waals surface area contributed by atoms with Crippen LogP contribution < -0.4 is 5.32 Å². The third-order valence-corrected chi connectivity index (χ3v) is 4.60. The molecule has 0 aromatic carbocycles. The number of hydrogen-bond donors (Lipinski definition) is 2. The molecule has 1 aromatic heterocycles. The van der Waals surface area contributed by atoms with Gasteiger partial charge in [0.2, 0.25) is 0 Å². The molecular formula is C12H14F3N3O3S. The fourth-order valence-corrected chi connectivity index (χ4v) is 3.24. The highest BCUT2D eigenvalue weighted by Crippen LogP contribution is 2.39. The van der Waals surface area contributed by atoms with Gasteiger partial charge in [-0.15, -0.1) is 0 Å². The Bertz CT molecular complexity index is 602. The number of aryl methyl sites for hydroxylation is 1. The zero-order valence-electron chi connectivity index (χ0n) is 11.8. The van der Waals surface area contributed by atoms with E-state index in [1.807, 2.05) is 0 Å². The standard InChI is InChI=1S/C12H14F3N3O3S/c1-5-8(9(16-2)22-17-5)10(19)18-3-6(11(20)21)7(4-18)12(13,14)15/h6-7,16H,3-4H2,1-2H3,(H,20,21)/t6-,7-/m1/s1. The van der Waals surface area contributed by atoms with E-state index < -0.39 is 43.0 Å². The lowest BCUT2D eigenvalue weighted by Gasteiger charge is -2.18. The Hall–Kier alpha value is -1.84. The molecule has 0 saturated carbocycles. The summed E-state index contributed by atoms with van der Waals surface area (Å²) >= 11 is 1.03. The number of rotatable bonds is 3. The zero-order valence-corrected chi connectivity index (χ0v) is 12.6. The molecule has 22 heavy (non-hydrogen) atoms. The smallest absolute Gasteiger partial charge is 0.394 e. The lowest BCUT2D eigenvalue weighted by Crippen LogP contribution is -2.34. The van der Waals surface area contributed by atoms with E-state index in [-0.39, 0.29) is 5.56 Å². The van der Waals surface area contributed by atoms with Gasteiger partial charge < -0.3 is 15.3 Å². The van der Waals surface area contributed by atoms with Gasteiger partial charge in [-0.25, -0.2) is 0 Å². The second kappa shape index (κ2) is 5.75. The van der Waals surface area contributed by atoms with Gasteiger partial charge in [-0.2, -0.15) is 17.5 Å². The Morgan fingerprint density at radius 3 is 2.50 bits per heavy atom. The second-order valence-electron chi connectivity index (χ2n) is 5.03. The number of nitrogens with one attached hydrogen (secondary N) is 1. The Labute approximate surface area is 128 Å². The number of anilines is 1. The summed E-state index contributed by atoms with van der Waals surface area (Å²) in [5.74, 6) is -5.88. The van der Waals surface area contributed by atoms with Gasteiger partial charge in [0.1, 0.15) is 5.00 Å². The number of alkyl halides is 3. The van der Waals surface area contributed by atoms with E-state index >= 15 is 0 Å². The Morgan fingerprint density at radius 2 is 2.05 bits per heavy atom. The highest BCUT2D eigenvalue weighted by molar-refractivity contribution is 7.10. The van der Waals surface area contributed by atoms with E-state index in [9.17, 15) is 22.8 Å². The SMILES string of the molecule is CNc1snc(C)c1C(=O)N1C[C@@H](C(F)(F)F)[C@H](C(=O)O)C1. The predicted molar refractivity (Wildman–Crippen MR) is 73.0 cm³/mol. The van der Waals surface area contributed by atoms with E-state index in [0.29, 0.717) is 10.7 Å². The van der Waals surface area contributed by atoms with Crippen LogP contribution in [-0.2, 0) is 4.79 Å². The number of aromatic nitrogens is 1. The van der Waals surface area contributed by atoms with Crippen LogP contribution >= 0.6 is 11.5 Å². The molecule has 1 aliphatic rings. The summed E-state index contributed by atoms with van der Waals surface area (Å²) < 4.78 is 42.8. The Balaban J connectivity index is 2.29. The number of halogens is 3. The molecular weight excluding hydrogens is 323 g/mol. The van der Waals surface area contributed by atoms with Crippen molar-refractivity contribution in [2.75, 3.05) is 25.5 Å². The summed E-state index contributed by atoms with van der Waals surface area (Å²) in [6.07, 6.45) is -4.66. The van der Waals surface area contributed by atoms with Crippen molar-refractivity contribution in [3.8, 4) is 0 Å². The molecule has 1 fully saturated rings. The summed E-state index contributed by atoms with van der Waals surface area (Å²) in [4.78, 5) is 24.4. The first-order valence-corrected chi connectivity index (χ1v) is 7.17. The number of aliphatic carboxylic acids is 1. The van der Waals surface area contributed by atoms with E-state index in [1.54, 1.807) is 14.0 Å². The summed E-state index contributed by atoms with van der Waals surface area (Å²) in [6, 6.07) is 0. The Kier molecular flexibility index (Phi) is 4.32. The minimum Gasteiger partial charge on any atom is -0.481 e. The van der Waals surface area contributed by atoms with Crippen LogP contribution in [0.4, 0.5) is 18.2 Å². The molecule has 1 amide bonds. The molecule has 122 valence electrons. The van der Waals surface area contributed by atoms with Gasteiger partial charge in [-0.3, -0.25) is 9.59 Å². The van der Waals surface area contributed by atoms with Gasteiger partial charge in [0, 0.05) is 20.1 Å². The molecule has 2 N–H and O–H groups in total. The first-order valence-electron chi connectivity index (χ1n) is 6.39. The van der Waals surface area contributed by atoms with Crippen molar-refractivity contribution in [2.45, 2.75) is 13.1 Å². The number of carbonyl (C=O) groups is 2. The van der Waals surface area contributed by atoms with E-state index in [0.717, 1.165) is 16.4 Å². The maximum Gasteiger partial charge on any atom is 0.394 e. The minimum atomic E-state index is -4.66. The monoisotopic (exact) mass is 337 g/mol. The number of carboxylic acid groups (broad SMARTS) is 1. The normalized spacial score (nSPS) is 22.0. The fraction of sp³-hybridized carbons (Fsp3) is 0.583. The third-order valence-electron chi connectivity index (χ3n) is 3.65. The van der Waals surface area contributed by atoms with Gasteiger partial charge in [0.05, 0.1) is 23.1 Å². The van der Waals surface area contributed by atoms with Crippen LogP contribution in [0.25, 0.3) is 0 Å². The number of nitrogens with zero attached hydrogens (tertiary/aromatic N) is 2. The van der Waals surface area contributed by atoms with Gasteiger partial charge in [0.15, 0.2) is 0 Å². The van der Waals surface area contributed by atoms with Crippen molar-refractivity contribution in [1.82, 2.24) is 9.27 Å². The van der Waals surface area contributed by atoms with Crippen LogP contribution in [0, 0.1) is 18.8 Å². The zero-order chi connectivity index (χ0) is 16.7. The first kappa shape index (κ1) is 16.5. The fourth-order valence-electron chi connectivity index (χ4n) is 2.50. The highest BCUT2D eigenvalue weighted by atomic mass is 32.1. The lowest BCUT2D eigenvalue weighted by molar-refractivity contribution is -0.187. The average Bonchev–Trinajstić information content (AvgIpc) is 3.00. The number of carbonyl (C=O) groups excluding carboxylic acids is 1. The van der Waals surface area contributed by atoms with Crippen LogP contribution in [0.3, 0.4) is 0 Å². The third kappa shape index (κ3) is 2.87. The number of carboxylic acids is 1. The van der Waals surface area contributed by atoms with Crippen molar-refractivity contribution >= 4 is 28.4 Å². The molecule has 2 atom stereocenters.